The Bertz CT molecular complexity index is 316. The van der Waals surface area contributed by atoms with Crippen molar-refractivity contribution in [3.8, 4) is 0 Å². The molecule has 0 spiro atoms. The van der Waals surface area contributed by atoms with E-state index in [0.29, 0.717) is 13.2 Å². The zero-order chi connectivity index (χ0) is 14.0. The average molecular weight is 284 g/mol. The van der Waals surface area contributed by atoms with E-state index in [1.165, 1.54) is 32.1 Å². The predicted octanol–water partition coefficient (Wildman–Crippen LogP) is 2.89. The lowest BCUT2D eigenvalue weighted by atomic mass is 9.90. The fraction of sp³-hybridized carbons (Fsp3) is 1.00. The van der Waals surface area contributed by atoms with Crippen molar-refractivity contribution in [2.75, 3.05) is 19.8 Å². The molecule has 2 saturated heterocycles. The maximum absolute atomic E-state index is 6.19. The van der Waals surface area contributed by atoms with E-state index in [4.69, 9.17) is 18.9 Å². The third-order valence-corrected chi connectivity index (χ3v) is 5.00. The zero-order valence-electron chi connectivity index (χ0n) is 12.8. The summed E-state index contributed by atoms with van der Waals surface area (Å²) in [5, 5.41) is 0. The molecule has 0 aromatic heterocycles. The molecule has 4 atom stereocenters. The number of rotatable bonds is 5. The first-order chi connectivity index (χ1) is 9.71. The summed E-state index contributed by atoms with van der Waals surface area (Å²) in [7, 11) is 0. The minimum atomic E-state index is -0.564. The quantitative estimate of drug-likeness (QED) is 0.778. The Kier molecular flexibility index (Phi) is 4.65. The number of fused-ring (bicyclic) bond motifs is 2. The van der Waals surface area contributed by atoms with E-state index in [2.05, 4.69) is 0 Å². The molecule has 1 unspecified atom stereocenters. The molecule has 3 rings (SSSR count). The largest absolute Gasteiger partial charge is 0.375 e. The molecule has 3 fully saturated rings. The molecule has 2 heterocycles. The van der Waals surface area contributed by atoms with Crippen molar-refractivity contribution in [2.24, 2.45) is 5.92 Å². The van der Waals surface area contributed by atoms with Gasteiger partial charge < -0.3 is 18.9 Å². The van der Waals surface area contributed by atoms with Gasteiger partial charge in [-0.3, -0.25) is 0 Å². The molecule has 2 aliphatic heterocycles. The summed E-state index contributed by atoms with van der Waals surface area (Å²) >= 11 is 0. The van der Waals surface area contributed by atoms with Gasteiger partial charge in [0.15, 0.2) is 5.79 Å². The molecule has 0 aromatic carbocycles. The maximum Gasteiger partial charge on any atom is 0.192 e. The van der Waals surface area contributed by atoms with Gasteiger partial charge in [0.2, 0.25) is 0 Å². The lowest BCUT2D eigenvalue weighted by molar-refractivity contribution is -0.268. The minimum absolute atomic E-state index is 0.0115. The van der Waals surface area contributed by atoms with Gasteiger partial charge in [0, 0.05) is 19.6 Å². The van der Waals surface area contributed by atoms with Gasteiger partial charge in [-0.05, 0) is 32.6 Å². The van der Waals surface area contributed by atoms with Gasteiger partial charge in [-0.15, -0.1) is 0 Å². The summed E-state index contributed by atoms with van der Waals surface area (Å²) in [5.41, 5.74) is 0. The molecular weight excluding hydrogens is 256 g/mol. The lowest BCUT2D eigenvalue weighted by Crippen LogP contribution is -2.51. The first kappa shape index (κ1) is 14.8. The van der Waals surface area contributed by atoms with Gasteiger partial charge in [0.05, 0.1) is 12.7 Å². The van der Waals surface area contributed by atoms with Crippen LogP contribution in [0.15, 0.2) is 0 Å². The van der Waals surface area contributed by atoms with Crippen molar-refractivity contribution in [2.45, 2.75) is 76.5 Å². The molecule has 2 bridgehead atoms. The molecule has 0 N–H and O–H groups in total. The molecule has 4 nitrogen and oxygen atoms in total. The van der Waals surface area contributed by atoms with Crippen molar-refractivity contribution in [3.63, 3.8) is 0 Å². The molecule has 116 valence electrons. The molecule has 1 aliphatic carbocycles. The Balaban J connectivity index is 1.54. The number of hydrogen-bond donors (Lipinski definition) is 0. The highest BCUT2D eigenvalue weighted by molar-refractivity contribution is 4.94. The highest BCUT2D eigenvalue weighted by Crippen LogP contribution is 2.39. The van der Waals surface area contributed by atoms with Gasteiger partial charge in [-0.1, -0.05) is 19.3 Å². The highest BCUT2D eigenvalue weighted by Gasteiger charge is 2.53. The molecule has 0 radical (unpaired) electrons. The summed E-state index contributed by atoms with van der Waals surface area (Å²) in [6.07, 6.45) is 7.85. The van der Waals surface area contributed by atoms with Crippen LogP contribution in [0.3, 0.4) is 0 Å². The van der Waals surface area contributed by atoms with Gasteiger partial charge in [0.1, 0.15) is 12.2 Å². The van der Waals surface area contributed by atoms with E-state index in [0.717, 1.165) is 18.9 Å². The van der Waals surface area contributed by atoms with Crippen molar-refractivity contribution in [1.82, 2.24) is 0 Å². The summed E-state index contributed by atoms with van der Waals surface area (Å²) in [5.74, 6) is 0.177. The van der Waals surface area contributed by atoms with Gasteiger partial charge >= 0.3 is 0 Å². The van der Waals surface area contributed by atoms with Gasteiger partial charge in [0.25, 0.3) is 0 Å². The average Bonchev–Trinajstić information content (AvgIpc) is 2.81. The smallest absolute Gasteiger partial charge is 0.192 e. The Morgan fingerprint density at radius 1 is 1.15 bits per heavy atom. The van der Waals surface area contributed by atoms with Crippen molar-refractivity contribution in [3.05, 3.63) is 0 Å². The topological polar surface area (TPSA) is 36.9 Å². The first-order valence-corrected chi connectivity index (χ1v) is 8.26. The second kappa shape index (κ2) is 6.30. The molecule has 4 heteroatoms. The van der Waals surface area contributed by atoms with E-state index in [-0.39, 0.29) is 18.3 Å². The highest BCUT2D eigenvalue weighted by atomic mass is 16.8. The van der Waals surface area contributed by atoms with Crippen LogP contribution in [0.5, 0.6) is 0 Å². The van der Waals surface area contributed by atoms with E-state index >= 15 is 0 Å². The molecule has 3 aliphatic rings. The molecule has 1 saturated carbocycles. The van der Waals surface area contributed by atoms with Crippen LogP contribution >= 0.6 is 0 Å². The second-order valence-corrected chi connectivity index (χ2v) is 6.54. The number of hydrogen-bond acceptors (Lipinski definition) is 4. The Morgan fingerprint density at radius 3 is 2.70 bits per heavy atom. The molecular formula is C16H28O4. The van der Waals surface area contributed by atoms with Crippen LogP contribution in [0, 0.1) is 5.92 Å². The second-order valence-electron chi connectivity index (χ2n) is 6.54. The van der Waals surface area contributed by atoms with E-state index in [9.17, 15) is 0 Å². The Morgan fingerprint density at radius 2 is 1.95 bits per heavy atom. The molecule has 0 amide bonds. The fourth-order valence-electron chi connectivity index (χ4n) is 3.75. The molecule has 0 aromatic rings. The standard InChI is InChI=1S/C16H28O4/c1-3-17-15-9-13(14-11-19-16(15,2)20-14)18-10-12-7-5-4-6-8-12/h12-15H,3-11H2,1-2H3/t13-,14+,15+,16?/m0/s1. The third-order valence-electron chi connectivity index (χ3n) is 5.00. The van der Waals surface area contributed by atoms with E-state index < -0.39 is 5.79 Å². The van der Waals surface area contributed by atoms with Crippen LogP contribution in [0.1, 0.15) is 52.4 Å². The SMILES string of the molecule is CCO[C@@H]1C[C@H](OCC2CCCCC2)[C@H]2COC1(C)O2. The van der Waals surface area contributed by atoms with Crippen LogP contribution < -0.4 is 0 Å². The van der Waals surface area contributed by atoms with Gasteiger partial charge in [-0.25, -0.2) is 0 Å². The monoisotopic (exact) mass is 284 g/mol. The summed E-state index contributed by atoms with van der Waals surface area (Å²) in [6.45, 7) is 6.20. The van der Waals surface area contributed by atoms with E-state index in [1.54, 1.807) is 0 Å². The number of ether oxygens (including phenoxy) is 4. The zero-order valence-corrected chi connectivity index (χ0v) is 12.8. The van der Waals surface area contributed by atoms with Gasteiger partial charge in [-0.2, -0.15) is 0 Å². The first-order valence-electron chi connectivity index (χ1n) is 8.26. The van der Waals surface area contributed by atoms with Crippen LogP contribution in [0.25, 0.3) is 0 Å². The summed E-state index contributed by atoms with van der Waals surface area (Å²) in [4.78, 5) is 0. The third kappa shape index (κ3) is 3.03. The van der Waals surface area contributed by atoms with E-state index in [1.807, 2.05) is 13.8 Å². The Labute approximate surface area is 122 Å². The van der Waals surface area contributed by atoms with Crippen molar-refractivity contribution < 1.29 is 18.9 Å². The lowest BCUT2D eigenvalue weighted by Gasteiger charge is -2.40. The van der Waals surface area contributed by atoms with Crippen LogP contribution in [-0.2, 0) is 18.9 Å². The Hall–Kier alpha value is -0.160. The van der Waals surface area contributed by atoms with Crippen LogP contribution in [0.2, 0.25) is 0 Å². The fourth-order valence-corrected chi connectivity index (χ4v) is 3.75. The van der Waals surface area contributed by atoms with Crippen LogP contribution in [0.4, 0.5) is 0 Å². The normalized spacial score (nSPS) is 42.0. The predicted molar refractivity (Wildman–Crippen MR) is 75.6 cm³/mol. The van der Waals surface area contributed by atoms with Crippen LogP contribution in [-0.4, -0.2) is 43.9 Å². The minimum Gasteiger partial charge on any atom is -0.375 e. The summed E-state index contributed by atoms with van der Waals surface area (Å²) < 4.78 is 23.9. The molecule has 20 heavy (non-hydrogen) atoms. The maximum atomic E-state index is 6.19. The summed E-state index contributed by atoms with van der Waals surface area (Å²) in [6, 6.07) is 0. The van der Waals surface area contributed by atoms with Crippen molar-refractivity contribution in [1.29, 1.82) is 0 Å². The van der Waals surface area contributed by atoms with Crippen molar-refractivity contribution >= 4 is 0 Å².